The van der Waals surface area contributed by atoms with Crippen molar-refractivity contribution >= 4 is 15.9 Å². The smallest absolute Gasteiger partial charge is 0.310 e. The Balaban J connectivity index is 2.87. The van der Waals surface area contributed by atoms with E-state index < -0.39 is 15.1 Å². The van der Waals surface area contributed by atoms with Crippen molar-refractivity contribution in [2.45, 2.75) is 24.2 Å². The number of oxime groups is 1. The summed E-state index contributed by atoms with van der Waals surface area (Å²) >= 11 is 0. The third kappa shape index (κ3) is 5.50. The fraction of sp³-hybridized carbons (Fsp3) is 0.417. The van der Waals surface area contributed by atoms with Crippen LogP contribution in [0.4, 0.5) is 19.4 Å². The molecule has 0 unspecified atom stereocenters. The molecule has 0 aliphatic carbocycles. The molecular weight excluding hydrogens is 317 g/mol. The van der Waals surface area contributed by atoms with Crippen LogP contribution in [0.5, 0.6) is 0 Å². The fourth-order valence-electron chi connectivity index (χ4n) is 1.70. The fourth-order valence-corrected chi connectivity index (χ4v) is 2.35. The van der Waals surface area contributed by atoms with Gasteiger partial charge in [0.1, 0.15) is 4.90 Å². The van der Waals surface area contributed by atoms with Gasteiger partial charge < -0.3 is 9.94 Å². The van der Waals surface area contributed by atoms with Crippen molar-refractivity contribution in [1.29, 1.82) is 0 Å². The van der Waals surface area contributed by atoms with Gasteiger partial charge in [-0.05, 0) is 37.0 Å². The molecule has 1 N–H and O–H groups in total. The molecule has 0 heterocycles. The van der Waals surface area contributed by atoms with Gasteiger partial charge in [0.25, 0.3) is 0 Å². The van der Waals surface area contributed by atoms with E-state index >= 15 is 0 Å². The highest BCUT2D eigenvalue weighted by Crippen LogP contribution is 3.02. The van der Waals surface area contributed by atoms with Crippen LogP contribution >= 0.6 is 10.2 Å². The molecule has 0 fully saturated rings. The standard InChI is InChI=1S/C12H16F5NO2S/c1-20-9-3-2-4-12(18-19)10-5-7-11(8-6-10)21(13,14,15,16)17/h5-8,19H,2-4,9H2,1H3. The number of halogens is 5. The molecule has 0 spiro atoms. The molecule has 0 aliphatic heterocycles. The van der Waals surface area contributed by atoms with Gasteiger partial charge in [0.2, 0.25) is 0 Å². The van der Waals surface area contributed by atoms with E-state index in [1.807, 2.05) is 0 Å². The van der Waals surface area contributed by atoms with Crippen molar-refractivity contribution in [3.05, 3.63) is 29.8 Å². The lowest BCUT2D eigenvalue weighted by molar-refractivity contribution is 0.193. The van der Waals surface area contributed by atoms with E-state index in [1.165, 1.54) is 7.11 Å². The molecule has 0 saturated carbocycles. The summed E-state index contributed by atoms with van der Waals surface area (Å²) in [7, 11) is -8.13. The lowest BCUT2D eigenvalue weighted by Crippen LogP contribution is -2.07. The van der Waals surface area contributed by atoms with Crippen LogP contribution in [0.15, 0.2) is 34.3 Å². The maximum absolute atomic E-state index is 12.6. The molecule has 1 aromatic rings. The molecule has 0 aliphatic rings. The van der Waals surface area contributed by atoms with Crippen LogP contribution in [-0.2, 0) is 4.74 Å². The highest BCUT2D eigenvalue weighted by atomic mass is 32.5. The number of methoxy groups -OCH3 is 1. The minimum absolute atomic E-state index is 0.139. The zero-order chi connectivity index (χ0) is 16.2. The van der Waals surface area contributed by atoms with Crippen LogP contribution in [0.2, 0.25) is 0 Å². The Hall–Kier alpha value is -1.35. The van der Waals surface area contributed by atoms with Crippen molar-refractivity contribution in [3.63, 3.8) is 0 Å². The quantitative estimate of drug-likeness (QED) is 0.241. The second-order valence-electron chi connectivity index (χ2n) is 4.49. The second-order valence-corrected chi connectivity index (χ2v) is 6.90. The molecule has 0 amide bonds. The van der Waals surface area contributed by atoms with Crippen LogP contribution in [0, 0.1) is 0 Å². The Morgan fingerprint density at radius 2 is 1.67 bits per heavy atom. The van der Waals surface area contributed by atoms with Gasteiger partial charge in [-0.3, -0.25) is 0 Å². The summed E-state index contributed by atoms with van der Waals surface area (Å²) in [6.45, 7) is 0.502. The van der Waals surface area contributed by atoms with Gasteiger partial charge in [-0.25, -0.2) is 0 Å². The van der Waals surface area contributed by atoms with Gasteiger partial charge >= 0.3 is 10.2 Å². The predicted molar refractivity (Wildman–Crippen MR) is 71.9 cm³/mol. The SMILES string of the molecule is COCCCCC(=NO)c1ccc(S(F)(F)(F)(F)F)cc1. The minimum Gasteiger partial charge on any atom is -0.411 e. The van der Waals surface area contributed by atoms with E-state index in [2.05, 4.69) is 5.16 Å². The van der Waals surface area contributed by atoms with Gasteiger partial charge in [0.15, 0.2) is 0 Å². The summed E-state index contributed by atoms with van der Waals surface area (Å²) in [5.41, 5.74) is 0.306. The molecule has 0 radical (unpaired) electrons. The molecule has 3 nitrogen and oxygen atoms in total. The normalized spacial score (nSPS) is 16.4. The molecule has 0 saturated heterocycles. The van der Waals surface area contributed by atoms with Crippen LogP contribution in [0.1, 0.15) is 24.8 Å². The van der Waals surface area contributed by atoms with Gasteiger partial charge in [0.05, 0.1) is 5.71 Å². The largest absolute Gasteiger partial charge is 0.411 e. The Labute approximate surface area is 119 Å². The number of nitrogens with zero attached hydrogens (tertiary/aromatic N) is 1. The molecular formula is C12H16F5NO2S. The first-order chi connectivity index (χ1) is 9.47. The summed E-state index contributed by atoms with van der Waals surface area (Å²) in [6.07, 6.45) is 1.57. The zero-order valence-corrected chi connectivity index (χ0v) is 12.1. The summed E-state index contributed by atoms with van der Waals surface area (Å²) in [4.78, 5) is -1.96. The molecule has 0 aromatic heterocycles. The highest BCUT2D eigenvalue weighted by molar-refractivity contribution is 8.45. The van der Waals surface area contributed by atoms with Gasteiger partial charge in [0, 0.05) is 13.7 Å². The van der Waals surface area contributed by atoms with Gasteiger partial charge in [-0.2, -0.15) is 0 Å². The van der Waals surface area contributed by atoms with Gasteiger partial charge in [-0.15, -0.1) is 0 Å². The number of hydrogen-bond acceptors (Lipinski definition) is 3. The Kier molecular flexibility index (Phi) is 4.59. The minimum atomic E-state index is -9.66. The molecule has 122 valence electrons. The summed E-state index contributed by atoms with van der Waals surface area (Å²) in [5, 5.41) is 11.9. The molecule has 9 heteroatoms. The molecule has 0 bridgehead atoms. The number of rotatable bonds is 7. The maximum atomic E-state index is 12.6. The van der Waals surface area contributed by atoms with Crippen LogP contribution < -0.4 is 0 Å². The van der Waals surface area contributed by atoms with Crippen molar-refractivity contribution in [1.82, 2.24) is 0 Å². The third-order valence-electron chi connectivity index (χ3n) is 2.77. The lowest BCUT2D eigenvalue weighted by Gasteiger charge is -2.40. The summed E-state index contributed by atoms with van der Waals surface area (Å²) < 4.78 is 67.6. The maximum Gasteiger partial charge on any atom is 0.310 e. The monoisotopic (exact) mass is 333 g/mol. The van der Waals surface area contributed by atoms with Gasteiger partial charge in [-0.1, -0.05) is 36.7 Å². The number of ether oxygens (including phenoxy) is 1. The summed E-state index contributed by atoms with van der Waals surface area (Å²) in [5.74, 6) is 0. The Morgan fingerprint density at radius 3 is 2.10 bits per heavy atom. The topological polar surface area (TPSA) is 41.8 Å². The lowest BCUT2D eigenvalue weighted by atomic mass is 10.1. The second kappa shape index (κ2) is 5.45. The van der Waals surface area contributed by atoms with E-state index in [-0.39, 0.29) is 11.3 Å². The van der Waals surface area contributed by atoms with Crippen LogP contribution in [0.25, 0.3) is 0 Å². The van der Waals surface area contributed by atoms with Crippen molar-refractivity contribution in [2.24, 2.45) is 5.16 Å². The van der Waals surface area contributed by atoms with Crippen LogP contribution in [-0.4, -0.2) is 24.6 Å². The predicted octanol–water partition coefficient (Wildman–Crippen LogP) is 5.34. The van der Waals surface area contributed by atoms with E-state index in [4.69, 9.17) is 9.94 Å². The zero-order valence-electron chi connectivity index (χ0n) is 11.2. The van der Waals surface area contributed by atoms with E-state index in [0.717, 1.165) is 12.1 Å². The highest BCUT2D eigenvalue weighted by Gasteiger charge is 2.65. The number of hydrogen-bond donors (Lipinski definition) is 1. The van der Waals surface area contributed by atoms with Crippen molar-refractivity contribution in [2.75, 3.05) is 13.7 Å². The van der Waals surface area contributed by atoms with Crippen LogP contribution in [0.3, 0.4) is 0 Å². The molecule has 1 aromatic carbocycles. The van der Waals surface area contributed by atoms with Crippen molar-refractivity contribution < 1.29 is 29.4 Å². The first kappa shape index (κ1) is 17.7. The average molecular weight is 333 g/mol. The molecule has 0 atom stereocenters. The summed E-state index contributed by atoms with van der Waals surface area (Å²) in [6, 6.07) is 2.35. The third-order valence-corrected chi connectivity index (χ3v) is 3.93. The number of unbranched alkanes of at least 4 members (excludes halogenated alkanes) is 1. The Bertz CT molecular complexity index is 512. The van der Waals surface area contributed by atoms with E-state index in [1.54, 1.807) is 0 Å². The first-order valence-electron chi connectivity index (χ1n) is 6.02. The first-order valence-corrected chi connectivity index (χ1v) is 7.97. The Morgan fingerprint density at radius 1 is 1.10 bits per heavy atom. The van der Waals surface area contributed by atoms with E-state index in [9.17, 15) is 19.4 Å². The average Bonchev–Trinajstić information content (AvgIpc) is 2.37. The number of benzene rings is 1. The molecule has 1 rings (SSSR count). The van der Waals surface area contributed by atoms with E-state index in [0.29, 0.717) is 38.0 Å². The molecule has 21 heavy (non-hydrogen) atoms. The van der Waals surface area contributed by atoms with Crippen molar-refractivity contribution in [3.8, 4) is 0 Å².